The normalized spacial score (nSPS) is 15.6. The molecule has 0 radical (unpaired) electrons. The number of halogens is 1. The van der Waals surface area contributed by atoms with Crippen LogP contribution in [0.15, 0.2) is 36.4 Å². The number of Topliss-reactive ketones (excluding diaryl/α,β-unsaturated/α-hetero) is 2. The Bertz CT molecular complexity index is 937. The molecule has 0 spiro atoms. The number of rotatable bonds is 9. The van der Waals surface area contributed by atoms with Crippen molar-refractivity contribution in [3.63, 3.8) is 0 Å². The van der Waals surface area contributed by atoms with E-state index in [0.29, 0.717) is 18.6 Å². The Morgan fingerprint density at radius 3 is 1.57 bits per heavy atom. The molecular formula is C31H44BrNO2. The first-order chi connectivity index (χ1) is 16.7. The Morgan fingerprint density at radius 2 is 1.17 bits per heavy atom. The van der Waals surface area contributed by atoms with Crippen LogP contribution in [0.3, 0.4) is 0 Å². The van der Waals surface area contributed by atoms with Gasteiger partial charge in [-0.2, -0.15) is 0 Å². The molecule has 3 rings (SSSR count). The van der Waals surface area contributed by atoms with E-state index in [4.69, 9.17) is 0 Å². The lowest BCUT2D eigenvalue weighted by Crippen LogP contribution is -2.44. The number of benzene rings is 2. The summed E-state index contributed by atoms with van der Waals surface area (Å²) in [6.45, 7) is 14.7. The number of hydrogen-bond donors (Lipinski definition) is 0. The molecule has 0 saturated carbocycles. The van der Waals surface area contributed by atoms with Gasteiger partial charge >= 0.3 is 0 Å². The number of likely N-dealkylation sites (tertiary alicyclic amines) is 1. The van der Waals surface area contributed by atoms with Gasteiger partial charge in [0, 0.05) is 12.8 Å². The summed E-state index contributed by atoms with van der Waals surface area (Å²) in [5, 5.41) is 0. The lowest BCUT2D eigenvalue weighted by molar-refractivity contribution is -0.124. The first kappa shape index (κ1) is 29.5. The fourth-order valence-electron chi connectivity index (χ4n) is 4.98. The Morgan fingerprint density at radius 1 is 0.743 bits per heavy atom. The van der Waals surface area contributed by atoms with Gasteiger partial charge < -0.3 is 0 Å². The standard InChI is InChI=1S/C18H27NO.C13H17BrO/c1-4-17(19-11-6-5-7-12-19)18(20)13-16-14(2)9-8-10-15(16)3;1-4-12(14)13(15)8-11-9(2)6-5-7-10(11)3/h8-10,17H,4-7,11-13H2,1-3H3;5-7,12H,4,8H2,1-3H3. The van der Waals surface area contributed by atoms with Crippen LogP contribution < -0.4 is 0 Å². The summed E-state index contributed by atoms with van der Waals surface area (Å²) in [4.78, 5) is 26.9. The smallest absolute Gasteiger partial charge is 0.154 e. The van der Waals surface area contributed by atoms with Gasteiger partial charge in [0.1, 0.15) is 0 Å². The maximum absolute atomic E-state index is 12.7. The average molecular weight is 543 g/mol. The predicted octanol–water partition coefficient (Wildman–Crippen LogP) is 7.27. The summed E-state index contributed by atoms with van der Waals surface area (Å²) in [5.74, 6) is 0.668. The molecule has 1 saturated heterocycles. The highest BCUT2D eigenvalue weighted by molar-refractivity contribution is 9.10. The highest BCUT2D eigenvalue weighted by Gasteiger charge is 2.26. The third kappa shape index (κ3) is 8.68. The zero-order valence-electron chi connectivity index (χ0n) is 22.6. The van der Waals surface area contributed by atoms with Gasteiger partial charge in [0.25, 0.3) is 0 Å². The number of alkyl halides is 1. The number of hydrogen-bond acceptors (Lipinski definition) is 3. The van der Waals surface area contributed by atoms with Crippen molar-refractivity contribution in [2.75, 3.05) is 13.1 Å². The zero-order chi connectivity index (χ0) is 26.0. The van der Waals surface area contributed by atoms with Gasteiger partial charge in [-0.25, -0.2) is 0 Å². The summed E-state index contributed by atoms with van der Waals surface area (Å²) in [6, 6.07) is 12.6. The molecule has 192 valence electrons. The van der Waals surface area contributed by atoms with Crippen LogP contribution in [0.2, 0.25) is 0 Å². The minimum Gasteiger partial charge on any atom is -0.298 e. The quantitative estimate of drug-likeness (QED) is 0.313. The van der Waals surface area contributed by atoms with Crippen LogP contribution in [-0.4, -0.2) is 40.4 Å². The van der Waals surface area contributed by atoms with Gasteiger partial charge in [0.2, 0.25) is 0 Å². The van der Waals surface area contributed by atoms with E-state index in [1.165, 1.54) is 52.6 Å². The van der Waals surface area contributed by atoms with Gasteiger partial charge in [0.15, 0.2) is 11.6 Å². The van der Waals surface area contributed by atoms with E-state index in [1.807, 2.05) is 13.0 Å². The Balaban J connectivity index is 0.000000258. The molecule has 0 bridgehead atoms. The summed E-state index contributed by atoms with van der Waals surface area (Å²) in [5.41, 5.74) is 7.31. The van der Waals surface area contributed by atoms with Crippen LogP contribution in [-0.2, 0) is 22.4 Å². The van der Waals surface area contributed by atoms with Crippen molar-refractivity contribution in [1.29, 1.82) is 0 Å². The molecule has 35 heavy (non-hydrogen) atoms. The first-order valence-electron chi connectivity index (χ1n) is 13.2. The summed E-state index contributed by atoms with van der Waals surface area (Å²) < 4.78 is 0. The second-order valence-electron chi connectivity index (χ2n) is 9.92. The number of aryl methyl sites for hydroxylation is 4. The number of carbonyl (C=O) groups excluding carboxylic acids is 2. The molecule has 2 aromatic rings. The van der Waals surface area contributed by atoms with E-state index < -0.39 is 0 Å². The van der Waals surface area contributed by atoms with Crippen LogP contribution in [0.1, 0.15) is 79.3 Å². The molecular weight excluding hydrogens is 498 g/mol. The maximum Gasteiger partial charge on any atom is 0.154 e. The van der Waals surface area contributed by atoms with E-state index in [0.717, 1.165) is 25.9 Å². The first-order valence-corrected chi connectivity index (χ1v) is 14.1. The Labute approximate surface area is 221 Å². The summed E-state index contributed by atoms with van der Waals surface area (Å²) in [6.07, 6.45) is 6.72. The molecule has 1 heterocycles. The monoisotopic (exact) mass is 541 g/mol. The van der Waals surface area contributed by atoms with E-state index in [9.17, 15) is 9.59 Å². The predicted molar refractivity (Wildman–Crippen MR) is 152 cm³/mol. The molecule has 3 nitrogen and oxygen atoms in total. The zero-order valence-corrected chi connectivity index (χ0v) is 24.2. The number of ketones is 2. The van der Waals surface area contributed by atoms with Crippen molar-refractivity contribution in [2.24, 2.45) is 0 Å². The van der Waals surface area contributed by atoms with Crippen LogP contribution in [0.5, 0.6) is 0 Å². The summed E-state index contributed by atoms with van der Waals surface area (Å²) >= 11 is 3.40. The van der Waals surface area contributed by atoms with E-state index in [-0.39, 0.29) is 16.7 Å². The second-order valence-corrected chi connectivity index (χ2v) is 11.0. The molecule has 0 N–H and O–H groups in total. The van der Waals surface area contributed by atoms with E-state index in [2.05, 4.69) is 85.8 Å². The lowest BCUT2D eigenvalue weighted by atomic mass is 9.93. The molecule has 1 fully saturated rings. The molecule has 4 heteroatoms. The molecule has 0 aliphatic carbocycles. The average Bonchev–Trinajstić information content (AvgIpc) is 2.85. The fourth-order valence-corrected chi connectivity index (χ4v) is 5.14. The van der Waals surface area contributed by atoms with Crippen molar-refractivity contribution in [2.45, 2.75) is 97.4 Å². The van der Waals surface area contributed by atoms with Crippen LogP contribution in [0.25, 0.3) is 0 Å². The molecule has 2 aromatic carbocycles. The molecule has 2 unspecified atom stereocenters. The molecule has 2 atom stereocenters. The molecule has 0 aromatic heterocycles. The van der Waals surface area contributed by atoms with Crippen LogP contribution in [0, 0.1) is 27.7 Å². The van der Waals surface area contributed by atoms with Gasteiger partial charge in [0.05, 0.1) is 10.9 Å². The minimum atomic E-state index is -0.00324. The maximum atomic E-state index is 12.7. The molecule has 0 amide bonds. The number of nitrogens with zero attached hydrogens (tertiary/aromatic N) is 1. The summed E-state index contributed by atoms with van der Waals surface area (Å²) in [7, 11) is 0. The van der Waals surface area contributed by atoms with Crippen molar-refractivity contribution in [1.82, 2.24) is 4.90 Å². The van der Waals surface area contributed by atoms with Gasteiger partial charge in [-0.05, 0) is 99.8 Å². The molecule has 1 aliphatic heterocycles. The fraction of sp³-hybridized carbons (Fsp3) is 0.548. The number of piperidine rings is 1. The lowest BCUT2D eigenvalue weighted by Gasteiger charge is -2.33. The van der Waals surface area contributed by atoms with Gasteiger partial charge in [-0.3, -0.25) is 14.5 Å². The van der Waals surface area contributed by atoms with Crippen LogP contribution >= 0.6 is 15.9 Å². The van der Waals surface area contributed by atoms with E-state index >= 15 is 0 Å². The van der Waals surface area contributed by atoms with Crippen LogP contribution in [0.4, 0.5) is 0 Å². The Hall–Kier alpha value is -1.78. The number of carbonyl (C=O) groups is 2. The van der Waals surface area contributed by atoms with Crippen molar-refractivity contribution >= 4 is 27.5 Å². The van der Waals surface area contributed by atoms with E-state index in [1.54, 1.807) is 0 Å². The highest BCUT2D eigenvalue weighted by atomic mass is 79.9. The minimum absolute atomic E-state index is 0.00324. The Kier molecular flexibility index (Phi) is 12.4. The molecule has 1 aliphatic rings. The van der Waals surface area contributed by atoms with Gasteiger partial charge in [-0.15, -0.1) is 0 Å². The van der Waals surface area contributed by atoms with Gasteiger partial charge in [-0.1, -0.05) is 72.6 Å². The third-order valence-electron chi connectivity index (χ3n) is 7.29. The van der Waals surface area contributed by atoms with Crippen molar-refractivity contribution in [3.8, 4) is 0 Å². The van der Waals surface area contributed by atoms with Crippen molar-refractivity contribution in [3.05, 3.63) is 69.8 Å². The second kappa shape index (κ2) is 14.7. The van der Waals surface area contributed by atoms with Crippen molar-refractivity contribution < 1.29 is 9.59 Å². The highest BCUT2D eigenvalue weighted by Crippen LogP contribution is 2.20. The SMILES string of the molecule is CCC(Br)C(=O)Cc1c(C)cccc1C.CCC(C(=O)Cc1c(C)cccc1C)N1CCCCC1. The largest absolute Gasteiger partial charge is 0.298 e. The third-order valence-corrected chi connectivity index (χ3v) is 8.45. The topological polar surface area (TPSA) is 37.4 Å².